The fourth-order valence-electron chi connectivity index (χ4n) is 3.50. The number of allylic oxidation sites excluding steroid dienone is 2. The van der Waals surface area contributed by atoms with Crippen molar-refractivity contribution in [2.45, 2.75) is 122 Å². The molecule has 0 aromatic rings. The van der Waals surface area contributed by atoms with Crippen LogP contribution in [0.15, 0.2) is 12.2 Å². The second-order valence-electron chi connectivity index (χ2n) is 8.03. The number of hydrogen-bond acceptors (Lipinski definition) is 4. The number of aliphatic carboxylic acids is 2. The normalized spacial score (nSPS) is 11.6. The van der Waals surface area contributed by atoms with E-state index in [1.807, 2.05) is 0 Å². The fourth-order valence-corrected chi connectivity index (χ4v) is 3.50. The topological polar surface area (TPSA) is 80.3 Å². The van der Waals surface area contributed by atoms with E-state index in [1.54, 1.807) is 0 Å². The number of rotatable bonds is 21. The summed E-state index contributed by atoms with van der Waals surface area (Å²) in [5.41, 5.74) is 0. The summed E-state index contributed by atoms with van der Waals surface area (Å²) >= 11 is 0. The Hall–Kier alpha value is 1.95. The Labute approximate surface area is 270 Å². The van der Waals surface area contributed by atoms with Gasteiger partial charge in [-0.1, -0.05) is 96.1 Å². The van der Waals surface area contributed by atoms with Gasteiger partial charge in [0.05, 0.1) is 0 Å². The summed E-state index contributed by atoms with van der Waals surface area (Å²) in [6.07, 6.45) is 24.2. The largest absolute Gasteiger partial charge is 1.00 e. The Morgan fingerprint density at radius 2 is 1.07 bits per heavy atom. The van der Waals surface area contributed by atoms with Crippen LogP contribution in [0.25, 0.3) is 0 Å². The van der Waals surface area contributed by atoms with Crippen molar-refractivity contribution in [3.05, 3.63) is 12.2 Å². The van der Waals surface area contributed by atoms with Gasteiger partial charge in [-0.2, -0.15) is 0 Å². The number of carboxylic acid groups (broad SMARTS) is 2. The first-order chi connectivity index (χ1) is 13.6. The van der Waals surface area contributed by atoms with Crippen LogP contribution in [0, 0.1) is 5.92 Å². The Morgan fingerprint density at radius 3 is 1.47 bits per heavy atom. The van der Waals surface area contributed by atoms with Gasteiger partial charge in [0.2, 0.25) is 0 Å². The molecule has 30 heavy (non-hydrogen) atoms. The molecule has 0 N–H and O–H groups in total. The molecule has 6 heteroatoms. The summed E-state index contributed by atoms with van der Waals surface area (Å²) in [4.78, 5) is 21.3. The quantitative estimate of drug-likeness (QED) is 0.118. The molecular formula is C24H42K2O4. The molecule has 0 spiro atoms. The molecule has 1 unspecified atom stereocenters. The Kier molecular flexibility index (Phi) is 35.3. The molecular weight excluding hydrogens is 430 g/mol. The third kappa shape index (κ3) is 28.0. The predicted molar refractivity (Wildman–Crippen MR) is 111 cm³/mol. The SMILES string of the molecule is CCCCCCCCCCC/C=C/CCCCCCCC(CC(=O)[O-])C(=O)[O-].[K+].[K+]. The molecule has 0 heterocycles. The van der Waals surface area contributed by atoms with Crippen molar-refractivity contribution in [2.75, 3.05) is 0 Å². The molecule has 0 aliphatic rings. The molecule has 0 aromatic heterocycles. The molecule has 164 valence electrons. The van der Waals surface area contributed by atoms with Crippen LogP contribution in [-0.2, 0) is 9.59 Å². The zero-order chi connectivity index (χ0) is 20.9. The number of hydrogen-bond donors (Lipinski definition) is 0. The fraction of sp³-hybridized carbons (Fsp3) is 0.833. The molecule has 0 rings (SSSR count). The van der Waals surface area contributed by atoms with E-state index in [2.05, 4.69) is 19.1 Å². The van der Waals surface area contributed by atoms with Gasteiger partial charge in [0.25, 0.3) is 0 Å². The maximum atomic E-state index is 10.8. The Balaban J connectivity index is -0.00000364. The first-order valence-electron chi connectivity index (χ1n) is 11.6. The van der Waals surface area contributed by atoms with E-state index in [4.69, 9.17) is 0 Å². The summed E-state index contributed by atoms with van der Waals surface area (Å²) in [7, 11) is 0. The summed E-state index contributed by atoms with van der Waals surface area (Å²) in [6, 6.07) is 0. The monoisotopic (exact) mass is 472 g/mol. The zero-order valence-corrected chi connectivity index (χ0v) is 26.3. The molecule has 0 amide bonds. The first kappa shape index (κ1) is 36.5. The Morgan fingerprint density at radius 1 is 0.667 bits per heavy atom. The number of carbonyl (C=O) groups is 2. The van der Waals surface area contributed by atoms with Crippen LogP contribution in [0.2, 0.25) is 0 Å². The standard InChI is InChI=1S/C24H44O4.2K/c1-2-3-4-5-6-7-8-9-10-11-12-13-14-15-16-17-18-19-20-22(24(27)28)21-23(25)26;;/h12-13,22H,2-11,14-21H2,1H3,(H,25,26)(H,27,28);;/q;2*+1/p-2/b13-12+;;. The minimum Gasteiger partial charge on any atom is -0.550 e. The maximum Gasteiger partial charge on any atom is 1.00 e. The Bertz CT molecular complexity index is 414. The molecule has 0 fully saturated rings. The van der Waals surface area contributed by atoms with Crippen LogP contribution in [-0.4, -0.2) is 11.9 Å². The zero-order valence-electron chi connectivity index (χ0n) is 20.1. The minimum absolute atomic E-state index is 0. The van der Waals surface area contributed by atoms with E-state index in [-0.39, 0.29) is 103 Å². The molecule has 0 aromatic carbocycles. The van der Waals surface area contributed by atoms with Crippen molar-refractivity contribution in [1.82, 2.24) is 0 Å². The van der Waals surface area contributed by atoms with Gasteiger partial charge < -0.3 is 19.8 Å². The minimum atomic E-state index is -1.32. The molecule has 0 aliphatic carbocycles. The third-order valence-corrected chi connectivity index (χ3v) is 5.31. The van der Waals surface area contributed by atoms with E-state index in [0.717, 1.165) is 38.5 Å². The van der Waals surface area contributed by atoms with Crippen LogP contribution in [0.4, 0.5) is 0 Å². The average molecular weight is 473 g/mol. The van der Waals surface area contributed by atoms with Gasteiger partial charge in [-0.15, -0.1) is 0 Å². The third-order valence-electron chi connectivity index (χ3n) is 5.31. The predicted octanol–water partition coefficient (Wildman–Crippen LogP) is -1.29. The van der Waals surface area contributed by atoms with E-state index in [1.165, 1.54) is 64.2 Å². The molecule has 4 nitrogen and oxygen atoms in total. The van der Waals surface area contributed by atoms with Crippen LogP contribution in [0.1, 0.15) is 122 Å². The number of carboxylic acids is 2. The van der Waals surface area contributed by atoms with Gasteiger partial charge in [0.1, 0.15) is 0 Å². The van der Waals surface area contributed by atoms with Crippen LogP contribution in [0.3, 0.4) is 0 Å². The van der Waals surface area contributed by atoms with Gasteiger partial charge in [-0.05, 0) is 38.5 Å². The van der Waals surface area contributed by atoms with Crippen LogP contribution < -0.4 is 113 Å². The molecule has 0 bridgehead atoms. The van der Waals surface area contributed by atoms with Crippen molar-refractivity contribution < 1.29 is 123 Å². The summed E-state index contributed by atoms with van der Waals surface area (Å²) in [5, 5.41) is 21.3. The van der Waals surface area contributed by atoms with Crippen molar-refractivity contribution in [3.8, 4) is 0 Å². The van der Waals surface area contributed by atoms with E-state index < -0.39 is 24.3 Å². The molecule has 0 aliphatic heterocycles. The smallest absolute Gasteiger partial charge is 0.550 e. The van der Waals surface area contributed by atoms with Crippen molar-refractivity contribution in [2.24, 2.45) is 5.92 Å². The second kappa shape index (κ2) is 29.0. The van der Waals surface area contributed by atoms with E-state index >= 15 is 0 Å². The van der Waals surface area contributed by atoms with Crippen molar-refractivity contribution in [3.63, 3.8) is 0 Å². The van der Waals surface area contributed by atoms with Crippen molar-refractivity contribution >= 4 is 11.9 Å². The summed E-state index contributed by atoms with van der Waals surface area (Å²) in [6.45, 7) is 2.26. The van der Waals surface area contributed by atoms with E-state index in [9.17, 15) is 19.8 Å². The number of carbonyl (C=O) groups excluding carboxylic acids is 2. The van der Waals surface area contributed by atoms with Crippen LogP contribution in [0.5, 0.6) is 0 Å². The molecule has 0 saturated carbocycles. The van der Waals surface area contributed by atoms with Gasteiger partial charge in [0.15, 0.2) is 0 Å². The molecule has 0 saturated heterocycles. The van der Waals surface area contributed by atoms with Crippen LogP contribution >= 0.6 is 0 Å². The van der Waals surface area contributed by atoms with Crippen molar-refractivity contribution in [1.29, 1.82) is 0 Å². The number of unbranched alkanes of at least 4 members (excludes halogenated alkanes) is 14. The van der Waals surface area contributed by atoms with Gasteiger partial charge in [0, 0.05) is 17.9 Å². The van der Waals surface area contributed by atoms with Gasteiger partial charge >= 0.3 is 103 Å². The van der Waals surface area contributed by atoms with E-state index in [0.29, 0.717) is 6.42 Å². The summed E-state index contributed by atoms with van der Waals surface area (Å²) < 4.78 is 0. The average Bonchev–Trinajstić information content (AvgIpc) is 2.65. The second-order valence-corrected chi connectivity index (χ2v) is 8.03. The summed E-state index contributed by atoms with van der Waals surface area (Å²) in [5.74, 6) is -3.50. The van der Waals surface area contributed by atoms with Gasteiger partial charge in [-0.25, -0.2) is 0 Å². The first-order valence-corrected chi connectivity index (χ1v) is 11.6. The molecule has 1 atom stereocenters. The van der Waals surface area contributed by atoms with Gasteiger partial charge in [-0.3, -0.25) is 0 Å². The maximum absolute atomic E-state index is 10.8. The molecule has 0 radical (unpaired) electrons.